The highest BCUT2D eigenvalue weighted by Gasteiger charge is 2.12. The first kappa shape index (κ1) is 13.6. The molecule has 6 heteroatoms. The number of nitrogens with two attached hydrogens (primary N) is 1. The van der Waals surface area contributed by atoms with Crippen LogP contribution in [-0.4, -0.2) is 4.21 Å². The van der Waals surface area contributed by atoms with Crippen molar-refractivity contribution in [1.82, 2.24) is 0 Å². The lowest BCUT2D eigenvalue weighted by Crippen LogP contribution is -2.02. The lowest BCUT2D eigenvalue weighted by atomic mass is 10.2. The molecule has 2 rings (SSSR count). The van der Waals surface area contributed by atoms with Crippen LogP contribution in [-0.2, 0) is 16.6 Å². The number of hydrogen-bond donors (Lipinski definition) is 1. The summed E-state index contributed by atoms with van der Waals surface area (Å²) in [7, 11) is -1.67. The fourth-order valence-electron chi connectivity index (χ4n) is 1.55. The van der Waals surface area contributed by atoms with E-state index < -0.39 is 28.3 Å². The second-order valence-electron chi connectivity index (χ2n) is 3.89. The van der Waals surface area contributed by atoms with Crippen LogP contribution in [0.5, 0.6) is 0 Å². The molecular weight excluding hydrogens is 275 g/mol. The first-order valence-corrected chi connectivity index (χ1v) is 6.67. The Morgan fingerprint density at radius 1 is 1.05 bits per heavy atom. The summed E-state index contributed by atoms with van der Waals surface area (Å²) in [5.74, 6) is -2.89. The SMILES string of the molecule is Nc1cccc(CS(=O)c2ccc(F)c(F)c2)c1F. The molecule has 0 aliphatic heterocycles. The Bertz CT molecular complexity index is 646. The molecule has 1 unspecified atom stereocenters. The van der Waals surface area contributed by atoms with Crippen molar-refractivity contribution >= 4 is 16.5 Å². The van der Waals surface area contributed by atoms with Crippen LogP contribution in [0.25, 0.3) is 0 Å². The first-order chi connectivity index (χ1) is 8.99. The third-order valence-electron chi connectivity index (χ3n) is 2.55. The van der Waals surface area contributed by atoms with Crippen molar-refractivity contribution in [3.05, 3.63) is 59.4 Å². The third-order valence-corrected chi connectivity index (χ3v) is 3.90. The standard InChI is InChI=1S/C13H10F3NOS/c14-10-5-4-9(6-11(10)15)19(18)7-8-2-1-3-12(17)13(8)16/h1-6H,7,17H2. The molecule has 0 saturated heterocycles. The van der Waals surface area contributed by atoms with Crippen LogP contribution in [0, 0.1) is 17.5 Å². The Hall–Kier alpha value is -1.82. The minimum absolute atomic E-state index is 0.0419. The topological polar surface area (TPSA) is 43.1 Å². The Labute approximate surface area is 110 Å². The summed E-state index contributed by atoms with van der Waals surface area (Å²) < 4.78 is 51.4. The lowest BCUT2D eigenvalue weighted by Gasteiger charge is -2.06. The zero-order chi connectivity index (χ0) is 14.0. The molecule has 19 heavy (non-hydrogen) atoms. The fourth-order valence-corrected chi connectivity index (χ4v) is 2.68. The molecule has 2 aromatic rings. The molecule has 0 amide bonds. The van der Waals surface area contributed by atoms with E-state index in [0.29, 0.717) is 0 Å². The molecule has 0 aliphatic carbocycles. The van der Waals surface area contributed by atoms with Gasteiger partial charge in [0.1, 0.15) is 5.82 Å². The van der Waals surface area contributed by atoms with Crippen LogP contribution in [0.3, 0.4) is 0 Å². The molecule has 2 N–H and O–H groups in total. The molecule has 0 fully saturated rings. The summed E-state index contributed by atoms with van der Waals surface area (Å²) in [5, 5.41) is 0. The lowest BCUT2D eigenvalue weighted by molar-refractivity contribution is 0.505. The second-order valence-corrected chi connectivity index (χ2v) is 5.34. The highest BCUT2D eigenvalue weighted by atomic mass is 32.2. The van der Waals surface area contributed by atoms with Crippen LogP contribution >= 0.6 is 0 Å². The Kier molecular flexibility index (Phi) is 3.90. The zero-order valence-electron chi connectivity index (χ0n) is 9.70. The average molecular weight is 285 g/mol. The number of hydrogen-bond acceptors (Lipinski definition) is 2. The van der Waals surface area contributed by atoms with Crippen LogP contribution in [0.2, 0.25) is 0 Å². The summed E-state index contributed by atoms with van der Waals surface area (Å²) in [6.45, 7) is 0. The van der Waals surface area contributed by atoms with Crippen molar-refractivity contribution in [1.29, 1.82) is 0 Å². The maximum Gasteiger partial charge on any atom is 0.160 e. The van der Waals surface area contributed by atoms with Gasteiger partial charge in [0.2, 0.25) is 0 Å². The van der Waals surface area contributed by atoms with E-state index in [2.05, 4.69) is 0 Å². The number of rotatable bonds is 3. The second kappa shape index (κ2) is 5.44. The van der Waals surface area contributed by atoms with Gasteiger partial charge in [0.05, 0.1) is 22.2 Å². The van der Waals surface area contributed by atoms with Crippen LogP contribution < -0.4 is 5.73 Å². The first-order valence-electron chi connectivity index (χ1n) is 5.35. The van der Waals surface area contributed by atoms with E-state index in [1.807, 2.05) is 0 Å². The maximum atomic E-state index is 13.6. The molecule has 2 aromatic carbocycles. The van der Waals surface area contributed by atoms with Gasteiger partial charge >= 0.3 is 0 Å². The summed E-state index contributed by atoms with van der Waals surface area (Å²) in [6, 6.07) is 7.31. The van der Waals surface area contributed by atoms with Crippen molar-refractivity contribution in [2.75, 3.05) is 5.73 Å². The Morgan fingerprint density at radius 2 is 1.79 bits per heavy atom. The number of halogens is 3. The molecule has 0 bridgehead atoms. The number of benzene rings is 2. The van der Waals surface area contributed by atoms with Gasteiger partial charge in [-0.1, -0.05) is 12.1 Å². The highest BCUT2D eigenvalue weighted by Crippen LogP contribution is 2.20. The Balaban J connectivity index is 2.26. The molecule has 0 radical (unpaired) electrons. The minimum Gasteiger partial charge on any atom is -0.396 e. The summed E-state index contributed by atoms with van der Waals surface area (Å²) in [6.07, 6.45) is 0. The van der Waals surface area contributed by atoms with Gasteiger partial charge in [-0.05, 0) is 24.3 Å². The van der Waals surface area contributed by atoms with Crippen molar-refractivity contribution in [3.63, 3.8) is 0 Å². The zero-order valence-corrected chi connectivity index (χ0v) is 10.5. The highest BCUT2D eigenvalue weighted by molar-refractivity contribution is 7.84. The molecule has 1 atom stereocenters. The largest absolute Gasteiger partial charge is 0.396 e. The van der Waals surface area contributed by atoms with E-state index in [1.54, 1.807) is 0 Å². The molecule has 0 aromatic heterocycles. The minimum atomic E-state index is -1.67. The average Bonchev–Trinajstić information content (AvgIpc) is 2.38. The van der Waals surface area contributed by atoms with Crippen molar-refractivity contribution in [2.45, 2.75) is 10.6 Å². The quantitative estimate of drug-likeness (QED) is 0.881. The Morgan fingerprint density at radius 3 is 2.47 bits per heavy atom. The van der Waals surface area contributed by atoms with Crippen molar-refractivity contribution in [3.8, 4) is 0 Å². The van der Waals surface area contributed by atoms with Crippen LogP contribution in [0.15, 0.2) is 41.3 Å². The van der Waals surface area contributed by atoms with Crippen molar-refractivity contribution in [2.24, 2.45) is 0 Å². The van der Waals surface area contributed by atoms with Gasteiger partial charge in [0.15, 0.2) is 11.6 Å². The molecule has 0 aliphatic rings. The molecule has 0 saturated carbocycles. The van der Waals surface area contributed by atoms with Crippen molar-refractivity contribution < 1.29 is 17.4 Å². The molecule has 0 spiro atoms. The maximum absolute atomic E-state index is 13.6. The smallest absolute Gasteiger partial charge is 0.160 e. The predicted molar refractivity (Wildman–Crippen MR) is 67.3 cm³/mol. The molecule has 0 heterocycles. The van der Waals surface area contributed by atoms with Gasteiger partial charge in [-0.15, -0.1) is 0 Å². The summed E-state index contributed by atoms with van der Waals surface area (Å²) in [4.78, 5) is 0.0979. The van der Waals surface area contributed by atoms with Gasteiger partial charge in [-0.3, -0.25) is 4.21 Å². The predicted octanol–water partition coefficient (Wildman–Crippen LogP) is 2.99. The normalized spacial score (nSPS) is 12.4. The van der Waals surface area contributed by atoms with E-state index >= 15 is 0 Å². The summed E-state index contributed by atoms with van der Waals surface area (Å²) >= 11 is 0. The van der Waals surface area contributed by atoms with Gasteiger partial charge in [-0.25, -0.2) is 13.2 Å². The molecule has 2 nitrogen and oxygen atoms in total. The third kappa shape index (κ3) is 2.96. The van der Waals surface area contributed by atoms with Gasteiger partial charge in [0.25, 0.3) is 0 Å². The van der Waals surface area contributed by atoms with Crippen LogP contribution in [0.4, 0.5) is 18.9 Å². The fraction of sp³-hybridized carbons (Fsp3) is 0.0769. The van der Waals surface area contributed by atoms with E-state index in [9.17, 15) is 17.4 Å². The molecule has 100 valence electrons. The van der Waals surface area contributed by atoms with E-state index in [-0.39, 0.29) is 21.9 Å². The van der Waals surface area contributed by atoms with Crippen LogP contribution in [0.1, 0.15) is 5.56 Å². The van der Waals surface area contributed by atoms with Gasteiger partial charge in [-0.2, -0.15) is 0 Å². The number of nitrogen functional groups attached to an aromatic ring is 1. The van der Waals surface area contributed by atoms with E-state index in [4.69, 9.17) is 5.73 Å². The van der Waals surface area contributed by atoms with E-state index in [0.717, 1.165) is 12.1 Å². The van der Waals surface area contributed by atoms with E-state index in [1.165, 1.54) is 24.3 Å². The van der Waals surface area contributed by atoms with Gasteiger partial charge in [0, 0.05) is 10.5 Å². The van der Waals surface area contributed by atoms with Gasteiger partial charge < -0.3 is 5.73 Å². The summed E-state index contributed by atoms with van der Waals surface area (Å²) in [5.41, 5.74) is 5.52. The monoisotopic (exact) mass is 285 g/mol. The molecular formula is C13H10F3NOS. The number of anilines is 1.